The lowest BCUT2D eigenvalue weighted by molar-refractivity contribution is 0.217. The van der Waals surface area contributed by atoms with Crippen molar-refractivity contribution in [2.45, 2.75) is 13.1 Å². The number of rotatable bonds is 3. The highest BCUT2D eigenvalue weighted by atomic mass is 32.1. The summed E-state index contributed by atoms with van der Waals surface area (Å²) < 4.78 is 32.3. The summed E-state index contributed by atoms with van der Waals surface area (Å²) in [6.07, 6.45) is 0. The summed E-state index contributed by atoms with van der Waals surface area (Å²) in [6.45, 7) is 2.08. The Balaban J connectivity index is 1.61. The smallest absolute Gasteiger partial charge is 0.165 e. The summed E-state index contributed by atoms with van der Waals surface area (Å²) >= 11 is 1.60. The van der Waals surface area contributed by atoms with Crippen molar-refractivity contribution in [2.24, 2.45) is 0 Å². The lowest BCUT2D eigenvalue weighted by Gasteiger charge is -2.19. The first-order valence-electron chi connectivity index (χ1n) is 8.29. The number of nitrogens with zero attached hydrogens (tertiary/aromatic N) is 1. The second-order valence-electron chi connectivity index (χ2n) is 6.27. The molecule has 26 heavy (non-hydrogen) atoms. The van der Waals surface area contributed by atoms with Gasteiger partial charge in [-0.3, -0.25) is 4.90 Å². The van der Waals surface area contributed by atoms with E-state index in [-0.39, 0.29) is 5.75 Å². The third-order valence-electron chi connectivity index (χ3n) is 4.39. The van der Waals surface area contributed by atoms with Gasteiger partial charge in [0.25, 0.3) is 0 Å². The molecule has 3 aromatic rings. The van der Waals surface area contributed by atoms with E-state index in [2.05, 4.69) is 4.90 Å². The van der Waals surface area contributed by atoms with Crippen LogP contribution in [0.15, 0.2) is 47.8 Å². The lowest BCUT2D eigenvalue weighted by atomic mass is 10.1. The topological polar surface area (TPSA) is 32.7 Å². The Morgan fingerprint density at radius 1 is 1.12 bits per heavy atom. The van der Waals surface area contributed by atoms with Gasteiger partial charge in [-0.15, -0.1) is 11.3 Å². The molecule has 1 N–H and O–H groups in total. The number of phenolic OH excluding ortho intramolecular Hbond substituents is 1. The van der Waals surface area contributed by atoms with Gasteiger partial charge in [0.15, 0.2) is 23.1 Å². The van der Waals surface area contributed by atoms with Gasteiger partial charge >= 0.3 is 0 Å². The number of halogens is 2. The molecule has 0 fully saturated rings. The van der Waals surface area contributed by atoms with Crippen molar-refractivity contribution < 1.29 is 18.6 Å². The maximum Gasteiger partial charge on any atom is 0.165 e. The molecule has 0 atom stereocenters. The first kappa shape index (κ1) is 17.0. The predicted octanol–water partition coefficient (Wildman–Crippen LogP) is 4.79. The first-order valence-corrected chi connectivity index (χ1v) is 9.17. The molecule has 0 saturated heterocycles. The summed E-state index contributed by atoms with van der Waals surface area (Å²) in [4.78, 5) is 3.16. The van der Waals surface area contributed by atoms with Crippen LogP contribution in [-0.2, 0) is 13.1 Å². The molecule has 1 aromatic heterocycles. The average Bonchev–Trinajstić information content (AvgIpc) is 3.07. The van der Waals surface area contributed by atoms with Gasteiger partial charge in [-0.25, -0.2) is 8.78 Å². The van der Waals surface area contributed by atoms with Crippen LogP contribution in [0.3, 0.4) is 0 Å². The molecule has 0 bridgehead atoms. The summed E-state index contributed by atoms with van der Waals surface area (Å²) in [5, 5.41) is 12.4. The molecule has 0 radical (unpaired) electrons. The Morgan fingerprint density at radius 2 is 2.00 bits per heavy atom. The van der Waals surface area contributed by atoms with E-state index < -0.39 is 11.6 Å². The normalized spacial score (nSPS) is 14.5. The van der Waals surface area contributed by atoms with Crippen LogP contribution in [0.2, 0.25) is 0 Å². The zero-order valence-electron chi connectivity index (χ0n) is 13.9. The zero-order valence-corrected chi connectivity index (χ0v) is 14.7. The van der Waals surface area contributed by atoms with Crippen LogP contribution in [0.1, 0.15) is 11.1 Å². The Morgan fingerprint density at radius 3 is 2.77 bits per heavy atom. The second-order valence-corrected chi connectivity index (χ2v) is 7.22. The highest BCUT2D eigenvalue weighted by Crippen LogP contribution is 2.38. The zero-order chi connectivity index (χ0) is 18.1. The van der Waals surface area contributed by atoms with Gasteiger partial charge in [-0.05, 0) is 46.8 Å². The fourth-order valence-electron chi connectivity index (χ4n) is 3.17. The van der Waals surface area contributed by atoms with E-state index in [0.717, 1.165) is 22.1 Å². The highest BCUT2D eigenvalue weighted by Gasteiger charge is 2.20. The summed E-state index contributed by atoms with van der Waals surface area (Å²) in [6, 6.07) is 11.7. The number of fused-ring (bicyclic) bond motifs is 1. The minimum Gasteiger partial charge on any atom is -0.504 e. The molecule has 0 aliphatic carbocycles. The molecule has 2 aromatic carbocycles. The summed E-state index contributed by atoms with van der Waals surface area (Å²) in [5.74, 6) is -1.06. The highest BCUT2D eigenvalue weighted by molar-refractivity contribution is 7.13. The third kappa shape index (κ3) is 3.43. The number of aromatic hydroxyl groups is 1. The fraction of sp³-hybridized carbons (Fsp3) is 0.200. The van der Waals surface area contributed by atoms with E-state index >= 15 is 0 Å². The molecule has 6 heteroatoms. The lowest BCUT2D eigenvalue weighted by Crippen LogP contribution is -2.25. The minimum atomic E-state index is -0.844. The van der Waals surface area contributed by atoms with Gasteiger partial charge < -0.3 is 9.84 Å². The largest absolute Gasteiger partial charge is 0.504 e. The van der Waals surface area contributed by atoms with E-state index in [1.165, 1.54) is 6.07 Å². The number of ether oxygens (including phenoxy) is 1. The molecule has 0 unspecified atom stereocenters. The van der Waals surface area contributed by atoms with Gasteiger partial charge in [0, 0.05) is 30.1 Å². The van der Waals surface area contributed by atoms with Gasteiger partial charge in [0.05, 0.1) is 0 Å². The van der Waals surface area contributed by atoms with Crippen molar-refractivity contribution in [3.63, 3.8) is 0 Å². The van der Waals surface area contributed by atoms with Crippen molar-refractivity contribution in [2.75, 3.05) is 13.2 Å². The molecular formula is C20H17F2NO2S. The SMILES string of the molecule is Oc1cc(-c2cccs2)cc2c1OCCN(Cc1ccc(F)c(F)c1)C2. The quantitative estimate of drug-likeness (QED) is 0.716. The number of benzene rings is 2. The second kappa shape index (κ2) is 7.05. The maximum absolute atomic E-state index is 13.5. The molecular weight excluding hydrogens is 356 g/mol. The summed E-state index contributed by atoms with van der Waals surface area (Å²) in [7, 11) is 0. The molecule has 3 nitrogen and oxygen atoms in total. The van der Waals surface area contributed by atoms with Crippen LogP contribution in [0, 0.1) is 11.6 Å². The third-order valence-corrected chi connectivity index (χ3v) is 5.31. The van der Waals surface area contributed by atoms with E-state index in [4.69, 9.17) is 4.74 Å². The summed E-state index contributed by atoms with van der Waals surface area (Å²) in [5.41, 5.74) is 2.52. The van der Waals surface area contributed by atoms with Crippen LogP contribution in [-0.4, -0.2) is 23.2 Å². The Hall–Kier alpha value is -2.44. The molecule has 0 saturated carbocycles. The molecule has 4 rings (SSSR count). The minimum absolute atomic E-state index is 0.126. The molecule has 1 aliphatic rings. The monoisotopic (exact) mass is 373 g/mol. The van der Waals surface area contributed by atoms with Gasteiger partial charge in [0.1, 0.15) is 6.61 Å². The standard InChI is InChI=1S/C20H17F2NO2S/c21-16-4-3-13(8-17(16)22)11-23-5-6-25-20-15(12-23)9-14(10-18(20)24)19-2-1-7-26-19/h1-4,7-10,24H,5-6,11-12H2. The van der Waals surface area contributed by atoms with E-state index in [9.17, 15) is 13.9 Å². The van der Waals surface area contributed by atoms with Crippen LogP contribution < -0.4 is 4.74 Å². The van der Waals surface area contributed by atoms with Crippen molar-refractivity contribution in [1.29, 1.82) is 0 Å². The Kier molecular flexibility index (Phi) is 4.61. The maximum atomic E-state index is 13.5. The van der Waals surface area contributed by atoms with Gasteiger partial charge in [-0.1, -0.05) is 12.1 Å². The van der Waals surface area contributed by atoms with Crippen LogP contribution in [0.5, 0.6) is 11.5 Å². The van der Waals surface area contributed by atoms with Crippen LogP contribution >= 0.6 is 11.3 Å². The molecule has 0 amide bonds. The van der Waals surface area contributed by atoms with Crippen molar-refractivity contribution >= 4 is 11.3 Å². The molecule has 1 aliphatic heterocycles. The van der Waals surface area contributed by atoms with Gasteiger partial charge in [-0.2, -0.15) is 0 Å². The van der Waals surface area contributed by atoms with Gasteiger partial charge in [0.2, 0.25) is 0 Å². The van der Waals surface area contributed by atoms with Crippen LogP contribution in [0.25, 0.3) is 10.4 Å². The molecule has 0 spiro atoms. The van der Waals surface area contributed by atoms with Crippen molar-refractivity contribution in [1.82, 2.24) is 4.90 Å². The molecule has 134 valence electrons. The number of hydrogen-bond donors (Lipinski definition) is 1. The Labute approximate surface area is 154 Å². The fourth-order valence-corrected chi connectivity index (χ4v) is 3.88. The van der Waals surface area contributed by atoms with Crippen LogP contribution in [0.4, 0.5) is 8.78 Å². The van der Waals surface area contributed by atoms with E-state index in [0.29, 0.717) is 37.6 Å². The number of thiophene rings is 1. The number of phenols is 1. The van der Waals surface area contributed by atoms with E-state index in [1.807, 2.05) is 23.6 Å². The first-order chi connectivity index (χ1) is 12.6. The average molecular weight is 373 g/mol. The Bertz CT molecular complexity index is 928. The van der Waals surface area contributed by atoms with Crippen molar-refractivity contribution in [3.05, 3.63) is 70.6 Å². The van der Waals surface area contributed by atoms with Crippen molar-refractivity contribution in [3.8, 4) is 21.9 Å². The molecule has 2 heterocycles. The number of hydrogen-bond acceptors (Lipinski definition) is 4. The predicted molar refractivity (Wildman–Crippen MR) is 97.4 cm³/mol. The van der Waals surface area contributed by atoms with E-state index in [1.54, 1.807) is 23.5 Å².